The van der Waals surface area contributed by atoms with Gasteiger partial charge in [-0.3, -0.25) is 4.79 Å². The summed E-state index contributed by atoms with van der Waals surface area (Å²) in [7, 11) is 0. The zero-order chi connectivity index (χ0) is 21.1. The molecule has 1 aliphatic heterocycles. The molecule has 1 aliphatic carbocycles. The summed E-state index contributed by atoms with van der Waals surface area (Å²) < 4.78 is 13.7. The average molecular weight is 402 g/mol. The normalized spacial score (nSPS) is 23.2. The van der Waals surface area contributed by atoms with E-state index in [1.54, 1.807) is 23.1 Å². The highest BCUT2D eigenvalue weighted by molar-refractivity contribution is 5.82. The Balaban J connectivity index is 1.52. The van der Waals surface area contributed by atoms with Gasteiger partial charge in [-0.15, -0.1) is 0 Å². The molecule has 1 N–H and O–H groups in total. The summed E-state index contributed by atoms with van der Waals surface area (Å²) in [6.07, 6.45) is 3.82. The molecule has 5 heteroatoms. The zero-order valence-corrected chi connectivity index (χ0v) is 16.6. The first kappa shape index (κ1) is 20.1. The van der Waals surface area contributed by atoms with E-state index in [1.807, 2.05) is 24.3 Å². The minimum Gasteiger partial charge on any atom is -0.394 e. The molecular weight excluding hydrogens is 379 g/mol. The molecule has 1 amide bonds. The molecule has 2 aliphatic rings. The predicted molar refractivity (Wildman–Crippen MR) is 111 cm³/mol. The van der Waals surface area contributed by atoms with E-state index >= 15 is 0 Å². The van der Waals surface area contributed by atoms with E-state index < -0.39 is 6.04 Å². The maximum atomic E-state index is 13.7. The molecular formula is C25H23FN2O2. The Bertz CT molecular complexity index is 1030. The third-order valence-corrected chi connectivity index (χ3v) is 6.20. The van der Waals surface area contributed by atoms with Crippen LogP contribution in [0.2, 0.25) is 0 Å². The molecule has 1 saturated carbocycles. The minimum absolute atomic E-state index is 0.00160. The number of hydrogen-bond donors (Lipinski definition) is 1. The highest BCUT2D eigenvalue weighted by Crippen LogP contribution is 2.42. The molecule has 1 heterocycles. The Labute approximate surface area is 175 Å². The van der Waals surface area contributed by atoms with E-state index in [4.69, 9.17) is 0 Å². The lowest BCUT2D eigenvalue weighted by Crippen LogP contribution is -2.66. The molecule has 4 rings (SSSR count). The van der Waals surface area contributed by atoms with Crippen LogP contribution in [-0.4, -0.2) is 34.6 Å². The van der Waals surface area contributed by atoms with Crippen molar-refractivity contribution in [2.24, 2.45) is 5.92 Å². The number of amides is 1. The average Bonchev–Trinajstić information content (AvgIpc) is 3.29. The van der Waals surface area contributed by atoms with Crippen LogP contribution in [0.5, 0.6) is 0 Å². The van der Waals surface area contributed by atoms with Crippen molar-refractivity contribution in [3.05, 3.63) is 71.0 Å². The Morgan fingerprint density at radius 1 is 1.10 bits per heavy atom. The number of carbonyl (C=O) groups is 1. The van der Waals surface area contributed by atoms with Gasteiger partial charge in [-0.2, -0.15) is 5.26 Å². The molecule has 152 valence electrons. The van der Waals surface area contributed by atoms with Crippen LogP contribution >= 0.6 is 0 Å². The highest BCUT2D eigenvalue weighted by Gasteiger charge is 2.52. The van der Waals surface area contributed by atoms with Crippen molar-refractivity contribution in [1.82, 2.24) is 4.90 Å². The number of benzene rings is 2. The predicted octanol–water partition coefficient (Wildman–Crippen LogP) is 3.59. The third kappa shape index (κ3) is 3.70. The van der Waals surface area contributed by atoms with Gasteiger partial charge in [-0.25, -0.2) is 4.39 Å². The number of hydrogen-bond acceptors (Lipinski definition) is 3. The zero-order valence-electron chi connectivity index (χ0n) is 16.6. The van der Waals surface area contributed by atoms with Crippen molar-refractivity contribution in [3.8, 4) is 17.9 Å². The molecule has 2 aromatic rings. The first-order chi connectivity index (χ1) is 14.6. The van der Waals surface area contributed by atoms with Crippen LogP contribution in [0, 0.1) is 34.9 Å². The van der Waals surface area contributed by atoms with Crippen LogP contribution in [0.4, 0.5) is 4.39 Å². The smallest absolute Gasteiger partial charge is 0.227 e. The van der Waals surface area contributed by atoms with Crippen LogP contribution in [0.25, 0.3) is 0 Å². The topological polar surface area (TPSA) is 64.3 Å². The van der Waals surface area contributed by atoms with Gasteiger partial charge in [-0.05, 0) is 42.7 Å². The van der Waals surface area contributed by atoms with Gasteiger partial charge in [0.2, 0.25) is 5.91 Å². The number of nitrogens with zero attached hydrogens (tertiary/aromatic N) is 2. The summed E-state index contributed by atoms with van der Waals surface area (Å²) >= 11 is 0. The number of carbonyl (C=O) groups excluding carboxylic acids is 1. The molecule has 0 aromatic heterocycles. The molecule has 2 aromatic carbocycles. The summed E-state index contributed by atoms with van der Waals surface area (Å²) in [5.41, 5.74) is 1.97. The standard InChI is InChI=1S/C25H23FN2O2/c26-21-8-4-3-5-18(21)12-9-17-10-13-19(14-11-17)24-22(15-27)28(23(24)16-29)25(30)20-6-1-2-7-20/h3-5,8,10-11,13-14,20,22-24,29H,1-2,6-7,16H2/t22-,23+,24+/m0/s1. The summed E-state index contributed by atoms with van der Waals surface area (Å²) in [5.74, 6) is 5.18. The fourth-order valence-corrected chi connectivity index (χ4v) is 4.58. The molecule has 30 heavy (non-hydrogen) atoms. The van der Waals surface area contributed by atoms with Gasteiger partial charge < -0.3 is 10.0 Å². The van der Waals surface area contributed by atoms with Gasteiger partial charge in [0, 0.05) is 17.4 Å². The lowest BCUT2D eigenvalue weighted by atomic mass is 9.75. The number of nitriles is 1. The Kier molecular flexibility index (Phi) is 5.84. The largest absolute Gasteiger partial charge is 0.394 e. The molecule has 0 unspecified atom stereocenters. The number of aliphatic hydroxyl groups is 1. The third-order valence-electron chi connectivity index (χ3n) is 6.20. The first-order valence-corrected chi connectivity index (χ1v) is 10.3. The van der Waals surface area contributed by atoms with Crippen LogP contribution in [0.1, 0.15) is 48.3 Å². The monoisotopic (exact) mass is 402 g/mol. The van der Waals surface area contributed by atoms with E-state index in [0.29, 0.717) is 5.56 Å². The lowest BCUT2D eigenvalue weighted by molar-refractivity contribution is -0.151. The van der Waals surface area contributed by atoms with Crippen LogP contribution in [0.15, 0.2) is 48.5 Å². The summed E-state index contributed by atoms with van der Waals surface area (Å²) in [6, 6.07) is 15.1. The van der Waals surface area contributed by atoms with Gasteiger partial charge in [-0.1, -0.05) is 48.9 Å². The number of rotatable bonds is 3. The minimum atomic E-state index is -0.564. The fourth-order valence-electron chi connectivity index (χ4n) is 4.58. The van der Waals surface area contributed by atoms with Crippen molar-refractivity contribution >= 4 is 5.91 Å². The first-order valence-electron chi connectivity index (χ1n) is 10.3. The number of aliphatic hydroxyl groups excluding tert-OH is 1. The molecule has 4 nitrogen and oxygen atoms in total. The number of halogens is 1. The van der Waals surface area contributed by atoms with Gasteiger partial charge in [0.15, 0.2) is 0 Å². The van der Waals surface area contributed by atoms with Gasteiger partial charge in [0.05, 0.1) is 24.3 Å². The Morgan fingerprint density at radius 3 is 2.43 bits per heavy atom. The molecule has 0 bridgehead atoms. The second-order valence-electron chi connectivity index (χ2n) is 7.93. The van der Waals surface area contributed by atoms with E-state index in [2.05, 4.69) is 17.9 Å². The second-order valence-corrected chi connectivity index (χ2v) is 7.93. The molecule has 0 spiro atoms. The SMILES string of the molecule is N#C[C@H]1[C@@H](c2ccc(C#Cc3ccccc3F)cc2)[C@@H](CO)N1C(=O)C1CCCC1. The van der Waals surface area contributed by atoms with Gasteiger partial charge in [0.1, 0.15) is 11.9 Å². The highest BCUT2D eigenvalue weighted by atomic mass is 19.1. The van der Waals surface area contributed by atoms with Crippen LogP contribution in [0.3, 0.4) is 0 Å². The lowest BCUT2D eigenvalue weighted by Gasteiger charge is -2.52. The number of likely N-dealkylation sites (tertiary alicyclic amines) is 1. The second kappa shape index (κ2) is 8.69. The Morgan fingerprint density at radius 2 is 1.80 bits per heavy atom. The van der Waals surface area contributed by atoms with Crippen molar-refractivity contribution in [3.63, 3.8) is 0 Å². The van der Waals surface area contributed by atoms with E-state index in [9.17, 15) is 19.6 Å². The van der Waals surface area contributed by atoms with Crippen molar-refractivity contribution in [2.45, 2.75) is 43.7 Å². The summed E-state index contributed by atoms with van der Waals surface area (Å²) in [5, 5.41) is 19.6. The maximum Gasteiger partial charge on any atom is 0.227 e. The molecule has 1 saturated heterocycles. The summed E-state index contributed by atoms with van der Waals surface area (Å²) in [6.45, 7) is -0.170. The summed E-state index contributed by atoms with van der Waals surface area (Å²) in [4.78, 5) is 14.4. The fraction of sp³-hybridized carbons (Fsp3) is 0.360. The van der Waals surface area contributed by atoms with Crippen LogP contribution < -0.4 is 0 Å². The van der Waals surface area contributed by atoms with E-state index in [-0.39, 0.29) is 36.2 Å². The van der Waals surface area contributed by atoms with Gasteiger partial charge >= 0.3 is 0 Å². The van der Waals surface area contributed by atoms with Crippen molar-refractivity contribution < 1.29 is 14.3 Å². The molecule has 3 atom stereocenters. The van der Waals surface area contributed by atoms with Crippen molar-refractivity contribution in [2.75, 3.05) is 6.61 Å². The Hall–Kier alpha value is -3.15. The van der Waals surface area contributed by atoms with Crippen molar-refractivity contribution in [1.29, 1.82) is 5.26 Å². The molecule has 0 radical (unpaired) electrons. The maximum absolute atomic E-state index is 13.7. The molecule has 2 fully saturated rings. The van der Waals surface area contributed by atoms with E-state index in [1.165, 1.54) is 6.07 Å². The van der Waals surface area contributed by atoms with Crippen LogP contribution in [-0.2, 0) is 4.79 Å². The quantitative estimate of drug-likeness (QED) is 0.798. The van der Waals surface area contributed by atoms with Gasteiger partial charge in [0.25, 0.3) is 0 Å². The van der Waals surface area contributed by atoms with E-state index in [0.717, 1.165) is 36.8 Å².